The number of carbonyl (C=O) groups is 2. The molecule has 0 spiro atoms. The van der Waals surface area contributed by atoms with Crippen molar-refractivity contribution in [1.82, 2.24) is 5.32 Å². The highest BCUT2D eigenvalue weighted by Gasteiger charge is 2.09. The summed E-state index contributed by atoms with van der Waals surface area (Å²) in [6.45, 7) is 5.76. The summed E-state index contributed by atoms with van der Waals surface area (Å²) in [5.41, 5.74) is 3.00. The molecule has 4 heteroatoms. The van der Waals surface area contributed by atoms with Gasteiger partial charge in [0.1, 0.15) is 0 Å². The van der Waals surface area contributed by atoms with E-state index < -0.39 is 0 Å². The molecule has 0 unspecified atom stereocenters. The zero-order valence-electron chi connectivity index (χ0n) is 16.3. The van der Waals surface area contributed by atoms with E-state index >= 15 is 0 Å². The van der Waals surface area contributed by atoms with Crippen LogP contribution in [0.1, 0.15) is 49.0 Å². The number of nitrogens with one attached hydrogen (secondary N) is 2. The molecule has 0 saturated carbocycles. The maximum atomic E-state index is 12.2. The average molecular weight is 367 g/mol. The summed E-state index contributed by atoms with van der Waals surface area (Å²) in [5.74, 6) is 0.546. The molecule has 0 saturated heterocycles. The van der Waals surface area contributed by atoms with Crippen LogP contribution in [0.5, 0.6) is 0 Å². The summed E-state index contributed by atoms with van der Waals surface area (Å²) in [4.78, 5) is 24.1. The Balaban J connectivity index is 1.61. The first kappa shape index (κ1) is 20.7. The molecule has 2 aromatic rings. The second-order valence-corrected chi connectivity index (χ2v) is 7.21. The Bertz CT molecular complexity index is 709. The van der Waals surface area contributed by atoms with Crippen molar-refractivity contribution in [2.75, 3.05) is 18.4 Å². The third kappa shape index (κ3) is 8.07. The third-order valence-electron chi connectivity index (χ3n) is 4.28. The number of benzene rings is 2. The summed E-state index contributed by atoms with van der Waals surface area (Å²) >= 11 is 0. The molecule has 0 aliphatic heterocycles. The lowest BCUT2D eigenvalue weighted by Crippen LogP contribution is -2.26. The van der Waals surface area contributed by atoms with Gasteiger partial charge in [-0.1, -0.05) is 56.3 Å². The summed E-state index contributed by atoms with van der Waals surface area (Å²) in [6.07, 6.45) is 2.33. The molecule has 4 nitrogen and oxygen atoms in total. The maximum absolute atomic E-state index is 12.2. The van der Waals surface area contributed by atoms with E-state index in [1.165, 1.54) is 5.56 Å². The lowest BCUT2D eigenvalue weighted by molar-refractivity contribution is -0.121. The van der Waals surface area contributed by atoms with Crippen molar-refractivity contribution in [1.29, 1.82) is 0 Å². The summed E-state index contributed by atoms with van der Waals surface area (Å²) < 4.78 is 0. The Morgan fingerprint density at radius 3 is 2.26 bits per heavy atom. The van der Waals surface area contributed by atoms with Crippen LogP contribution < -0.4 is 10.6 Å². The number of hydrogen-bond acceptors (Lipinski definition) is 3. The van der Waals surface area contributed by atoms with Gasteiger partial charge in [-0.3, -0.25) is 9.59 Å². The molecule has 2 N–H and O–H groups in total. The van der Waals surface area contributed by atoms with E-state index in [1.54, 1.807) is 0 Å². The minimum absolute atomic E-state index is 0.0204. The van der Waals surface area contributed by atoms with Crippen LogP contribution in [0.2, 0.25) is 0 Å². The first-order chi connectivity index (χ1) is 13.0. The van der Waals surface area contributed by atoms with Crippen LogP contribution in [0.3, 0.4) is 0 Å². The zero-order chi connectivity index (χ0) is 19.5. The monoisotopic (exact) mass is 366 g/mol. The zero-order valence-corrected chi connectivity index (χ0v) is 16.3. The van der Waals surface area contributed by atoms with E-state index in [0.717, 1.165) is 25.1 Å². The molecule has 2 rings (SSSR count). The van der Waals surface area contributed by atoms with E-state index in [4.69, 9.17) is 0 Å². The molecule has 0 fully saturated rings. The largest absolute Gasteiger partial charge is 0.385 e. The highest BCUT2D eigenvalue weighted by Crippen LogP contribution is 2.12. The lowest BCUT2D eigenvalue weighted by atomic mass is 9.99. The van der Waals surface area contributed by atoms with E-state index in [1.807, 2.05) is 54.6 Å². The predicted octanol–water partition coefficient (Wildman–Crippen LogP) is 4.47. The standard InChI is InChI=1S/C23H30N2O2/c1-18(2)17-19-9-11-20(12-10-19)22(26)13-14-23(27)25-16-6-15-24-21-7-4-3-5-8-21/h3-5,7-12,18,24H,6,13-17H2,1-2H3,(H,25,27). The fourth-order valence-corrected chi connectivity index (χ4v) is 2.86. The van der Waals surface area contributed by atoms with Gasteiger partial charge in [0.2, 0.25) is 5.91 Å². The van der Waals surface area contributed by atoms with Crippen molar-refractivity contribution >= 4 is 17.4 Å². The molecule has 0 aliphatic rings. The molecule has 0 aliphatic carbocycles. The number of carbonyl (C=O) groups excluding carboxylic acids is 2. The smallest absolute Gasteiger partial charge is 0.220 e. The van der Waals surface area contributed by atoms with Crippen LogP contribution in [-0.2, 0) is 11.2 Å². The van der Waals surface area contributed by atoms with Crippen LogP contribution in [0, 0.1) is 5.92 Å². The number of anilines is 1. The molecule has 2 aromatic carbocycles. The Hall–Kier alpha value is -2.62. The molecular formula is C23H30N2O2. The van der Waals surface area contributed by atoms with Crippen LogP contribution in [0.4, 0.5) is 5.69 Å². The first-order valence-electron chi connectivity index (χ1n) is 9.72. The number of hydrogen-bond donors (Lipinski definition) is 2. The SMILES string of the molecule is CC(C)Cc1ccc(C(=O)CCC(=O)NCCCNc2ccccc2)cc1. The second-order valence-electron chi connectivity index (χ2n) is 7.21. The third-order valence-corrected chi connectivity index (χ3v) is 4.28. The predicted molar refractivity (Wildman–Crippen MR) is 111 cm³/mol. The van der Waals surface area contributed by atoms with Crippen LogP contribution in [0.15, 0.2) is 54.6 Å². The number of Topliss-reactive ketones (excluding diaryl/α,β-unsaturated/α-hetero) is 1. The quantitative estimate of drug-likeness (QED) is 0.456. The number of rotatable bonds is 11. The van der Waals surface area contributed by atoms with Gasteiger partial charge in [-0.05, 0) is 36.5 Å². The van der Waals surface area contributed by atoms with Gasteiger partial charge in [0.25, 0.3) is 0 Å². The Morgan fingerprint density at radius 2 is 1.59 bits per heavy atom. The van der Waals surface area contributed by atoms with Gasteiger partial charge in [-0.25, -0.2) is 0 Å². The Labute approximate surface area is 162 Å². The van der Waals surface area contributed by atoms with Crippen molar-refractivity contribution in [3.8, 4) is 0 Å². The topological polar surface area (TPSA) is 58.2 Å². The molecule has 0 atom stereocenters. The number of para-hydroxylation sites is 1. The Kier molecular flexibility index (Phi) is 8.56. The van der Waals surface area contributed by atoms with Gasteiger partial charge in [0, 0.05) is 37.2 Å². The van der Waals surface area contributed by atoms with Crippen molar-refractivity contribution in [3.05, 3.63) is 65.7 Å². The van der Waals surface area contributed by atoms with E-state index in [9.17, 15) is 9.59 Å². The molecule has 1 amide bonds. The second kappa shape index (κ2) is 11.2. The van der Waals surface area contributed by atoms with Crippen LogP contribution in [-0.4, -0.2) is 24.8 Å². The van der Waals surface area contributed by atoms with Crippen molar-refractivity contribution in [2.24, 2.45) is 5.92 Å². The van der Waals surface area contributed by atoms with Gasteiger partial charge < -0.3 is 10.6 Å². The van der Waals surface area contributed by atoms with E-state index in [0.29, 0.717) is 18.0 Å². The van der Waals surface area contributed by atoms with Crippen LogP contribution in [0.25, 0.3) is 0 Å². The van der Waals surface area contributed by atoms with Gasteiger partial charge in [-0.15, -0.1) is 0 Å². The highest BCUT2D eigenvalue weighted by atomic mass is 16.2. The van der Waals surface area contributed by atoms with Gasteiger partial charge >= 0.3 is 0 Å². The summed E-state index contributed by atoms with van der Waals surface area (Å²) in [7, 11) is 0. The molecule has 0 radical (unpaired) electrons. The van der Waals surface area contributed by atoms with Gasteiger partial charge in [-0.2, -0.15) is 0 Å². The highest BCUT2D eigenvalue weighted by molar-refractivity contribution is 5.97. The molecule has 0 heterocycles. The molecule has 144 valence electrons. The lowest BCUT2D eigenvalue weighted by Gasteiger charge is -2.08. The summed E-state index contributed by atoms with van der Waals surface area (Å²) in [5, 5.41) is 6.18. The van der Waals surface area contributed by atoms with Gasteiger partial charge in [0.15, 0.2) is 5.78 Å². The fraction of sp³-hybridized carbons (Fsp3) is 0.391. The molecule has 0 bridgehead atoms. The van der Waals surface area contributed by atoms with Crippen molar-refractivity contribution in [2.45, 2.75) is 39.5 Å². The average Bonchev–Trinajstić information content (AvgIpc) is 2.67. The Morgan fingerprint density at radius 1 is 0.889 bits per heavy atom. The number of amides is 1. The van der Waals surface area contributed by atoms with Gasteiger partial charge in [0.05, 0.1) is 0 Å². The minimum atomic E-state index is -0.0699. The molecular weight excluding hydrogens is 336 g/mol. The van der Waals surface area contributed by atoms with Crippen molar-refractivity contribution in [3.63, 3.8) is 0 Å². The maximum Gasteiger partial charge on any atom is 0.220 e. The molecule has 0 aromatic heterocycles. The number of ketones is 1. The summed E-state index contributed by atoms with van der Waals surface area (Å²) in [6, 6.07) is 17.7. The van der Waals surface area contributed by atoms with E-state index in [2.05, 4.69) is 24.5 Å². The minimum Gasteiger partial charge on any atom is -0.385 e. The first-order valence-corrected chi connectivity index (χ1v) is 9.72. The van der Waals surface area contributed by atoms with Crippen LogP contribution >= 0.6 is 0 Å². The normalized spacial score (nSPS) is 10.6. The fourth-order valence-electron chi connectivity index (χ4n) is 2.86. The molecule has 27 heavy (non-hydrogen) atoms. The van der Waals surface area contributed by atoms with E-state index in [-0.39, 0.29) is 24.5 Å². The van der Waals surface area contributed by atoms with Crippen molar-refractivity contribution < 1.29 is 9.59 Å².